The lowest BCUT2D eigenvalue weighted by Crippen LogP contribution is -2.32. The van der Waals surface area contributed by atoms with Crippen LogP contribution in [0.25, 0.3) is 11.1 Å². The molecule has 0 saturated carbocycles. The van der Waals surface area contributed by atoms with E-state index < -0.39 is 0 Å². The highest BCUT2D eigenvalue weighted by Crippen LogP contribution is 2.23. The number of likely N-dealkylation sites (tertiary alicyclic amines) is 1. The fourth-order valence-electron chi connectivity index (χ4n) is 3.01. The molecular weight excluding hydrogens is 266 g/mol. The molecule has 1 aromatic carbocycles. The van der Waals surface area contributed by atoms with Crippen LogP contribution in [0.3, 0.4) is 0 Å². The van der Waals surface area contributed by atoms with E-state index in [4.69, 9.17) is 4.42 Å². The molecule has 3 heterocycles. The first-order valence-electron chi connectivity index (χ1n) is 7.29. The van der Waals surface area contributed by atoms with Gasteiger partial charge in [-0.1, -0.05) is 12.1 Å². The summed E-state index contributed by atoms with van der Waals surface area (Å²) in [5, 5.41) is 4.20. The van der Waals surface area contributed by atoms with Gasteiger partial charge in [-0.2, -0.15) is 5.10 Å². The van der Waals surface area contributed by atoms with Crippen LogP contribution >= 0.6 is 0 Å². The van der Waals surface area contributed by atoms with Crippen molar-refractivity contribution in [1.82, 2.24) is 24.6 Å². The number of oxazole rings is 1. The Bertz CT molecular complexity index is 688. The topological polar surface area (TPSA) is 60.0 Å². The quantitative estimate of drug-likeness (QED) is 0.733. The molecule has 3 aromatic rings. The Morgan fingerprint density at radius 1 is 1.29 bits per heavy atom. The summed E-state index contributed by atoms with van der Waals surface area (Å²) in [6.45, 7) is 2.71. The van der Waals surface area contributed by atoms with E-state index in [1.807, 2.05) is 28.9 Å². The van der Waals surface area contributed by atoms with E-state index in [-0.39, 0.29) is 0 Å². The van der Waals surface area contributed by atoms with E-state index in [9.17, 15) is 0 Å². The standard InChI is InChI=1S/C15H17N5O/c1-2-6-14-13(5-1)18-15(21-14)9-19-7-3-4-12(19)8-20-11-16-10-17-20/h1-2,5-6,10-12H,3-4,7-9H2/t12-/m0/s1. The Kier molecular flexibility index (Phi) is 3.16. The molecule has 0 N–H and O–H groups in total. The van der Waals surface area contributed by atoms with Gasteiger partial charge in [0.1, 0.15) is 18.2 Å². The molecular formula is C15H17N5O. The van der Waals surface area contributed by atoms with E-state index in [1.165, 1.54) is 12.8 Å². The van der Waals surface area contributed by atoms with Crippen LogP contribution in [0.4, 0.5) is 0 Å². The number of hydrogen-bond donors (Lipinski definition) is 0. The highest BCUT2D eigenvalue weighted by molar-refractivity contribution is 5.72. The second-order valence-electron chi connectivity index (χ2n) is 5.46. The lowest BCUT2D eigenvalue weighted by atomic mass is 10.2. The van der Waals surface area contributed by atoms with Gasteiger partial charge in [-0.3, -0.25) is 9.58 Å². The molecule has 0 radical (unpaired) electrons. The molecule has 1 aliphatic rings. The van der Waals surface area contributed by atoms with Gasteiger partial charge in [0.05, 0.1) is 13.1 Å². The minimum absolute atomic E-state index is 0.474. The number of fused-ring (bicyclic) bond motifs is 1. The van der Waals surface area contributed by atoms with Gasteiger partial charge in [0.25, 0.3) is 0 Å². The normalized spacial score (nSPS) is 19.5. The molecule has 108 valence electrons. The summed E-state index contributed by atoms with van der Waals surface area (Å²) in [6, 6.07) is 8.38. The molecule has 0 amide bonds. The molecule has 1 fully saturated rings. The number of benzene rings is 1. The monoisotopic (exact) mass is 283 g/mol. The van der Waals surface area contributed by atoms with E-state index in [1.54, 1.807) is 12.7 Å². The van der Waals surface area contributed by atoms with Gasteiger partial charge >= 0.3 is 0 Å². The summed E-state index contributed by atoms with van der Waals surface area (Å²) in [4.78, 5) is 11.0. The smallest absolute Gasteiger partial charge is 0.209 e. The SMILES string of the molecule is c1ccc2oc(CN3CCC[C@H]3Cn3cncn3)nc2c1. The minimum Gasteiger partial charge on any atom is -0.439 e. The molecule has 1 atom stereocenters. The zero-order chi connectivity index (χ0) is 14.1. The van der Waals surface area contributed by atoms with Crippen LogP contribution in [0.1, 0.15) is 18.7 Å². The Balaban J connectivity index is 1.49. The molecule has 0 unspecified atom stereocenters. The lowest BCUT2D eigenvalue weighted by molar-refractivity contribution is 0.201. The predicted molar refractivity (Wildman–Crippen MR) is 77.5 cm³/mol. The third-order valence-electron chi connectivity index (χ3n) is 4.04. The number of hydrogen-bond acceptors (Lipinski definition) is 5. The maximum atomic E-state index is 5.83. The third-order valence-corrected chi connectivity index (χ3v) is 4.04. The summed E-state index contributed by atoms with van der Waals surface area (Å²) >= 11 is 0. The number of para-hydroxylation sites is 2. The van der Waals surface area contributed by atoms with Crippen LogP contribution in [0.5, 0.6) is 0 Å². The number of rotatable bonds is 4. The molecule has 1 saturated heterocycles. The van der Waals surface area contributed by atoms with Crippen molar-refractivity contribution in [1.29, 1.82) is 0 Å². The van der Waals surface area contributed by atoms with E-state index in [0.29, 0.717) is 6.04 Å². The third kappa shape index (κ3) is 2.54. The van der Waals surface area contributed by atoms with Crippen LogP contribution in [0.2, 0.25) is 0 Å². The molecule has 0 spiro atoms. The van der Waals surface area contributed by atoms with Gasteiger partial charge in [0.2, 0.25) is 5.89 Å². The Morgan fingerprint density at radius 2 is 2.24 bits per heavy atom. The molecule has 21 heavy (non-hydrogen) atoms. The Hall–Kier alpha value is -2.21. The van der Waals surface area contributed by atoms with Crippen LogP contribution in [0, 0.1) is 0 Å². The molecule has 0 aliphatic carbocycles. The molecule has 1 aliphatic heterocycles. The zero-order valence-corrected chi connectivity index (χ0v) is 11.7. The predicted octanol–water partition coefficient (Wildman–Crippen LogP) is 2.08. The van der Waals surface area contributed by atoms with E-state index >= 15 is 0 Å². The van der Waals surface area contributed by atoms with Crippen molar-refractivity contribution in [3.8, 4) is 0 Å². The van der Waals surface area contributed by atoms with Crippen LogP contribution in [0.15, 0.2) is 41.3 Å². The first-order valence-corrected chi connectivity index (χ1v) is 7.29. The van der Waals surface area contributed by atoms with Crippen molar-refractivity contribution in [2.24, 2.45) is 0 Å². The summed E-state index contributed by atoms with van der Waals surface area (Å²) in [6.07, 6.45) is 5.75. The maximum Gasteiger partial charge on any atom is 0.209 e. The van der Waals surface area contributed by atoms with Crippen molar-refractivity contribution in [2.45, 2.75) is 32.0 Å². The summed E-state index contributed by atoms with van der Waals surface area (Å²) in [7, 11) is 0. The van der Waals surface area contributed by atoms with Gasteiger partial charge in [0, 0.05) is 6.04 Å². The first-order chi connectivity index (χ1) is 10.4. The van der Waals surface area contributed by atoms with Crippen LogP contribution < -0.4 is 0 Å². The van der Waals surface area contributed by atoms with E-state index in [2.05, 4.69) is 20.0 Å². The number of nitrogens with zero attached hydrogens (tertiary/aromatic N) is 5. The minimum atomic E-state index is 0.474. The first kappa shape index (κ1) is 12.5. The molecule has 6 heteroatoms. The highest BCUT2D eigenvalue weighted by atomic mass is 16.3. The van der Waals surface area contributed by atoms with Crippen molar-refractivity contribution in [2.75, 3.05) is 6.54 Å². The van der Waals surface area contributed by atoms with Gasteiger partial charge in [0.15, 0.2) is 5.58 Å². The average Bonchev–Trinajstić information content (AvgIpc) is 3.21. The highest BCUT2D eigenvalue weighted by Gasteiger charge is 2.26. The van der Waals surface area contributed by atoms with Crippen LogP contribution in [-0.2, 0) is 13.1 Å². The molecule has 0 bridgehead atoms. The fourth-order valence-corrected chi connectivity index (χ4v) is 3.01. The second kappa shape index (κ2) is 5.29. The lowest BCUT2D eigenvalue weighted by Gasteiger charge is -2.22. The Morgan fingerprint density at radius 3 is 3.10 bits per heavy atom. The van der Waals surface area contributed by atoms with Crippen molar-refractivity contribution >= 4 is 11.1 Å². The van der Waals surface area contributed by atoms with Gasteiger partial charge in [-0.05, 0) is 31.5 Å². The van der Waals surface area contributed by atoms with Crippen LogP contribution in [-0.4, -0.2) is 37.2 Å². The van der Waals surface area contributed by atoms with Crippen molar-refractivity contribution in [3.05, 3.63) is 42.8 Å². The van der Waals surface area contributed by atoms with Gasteiger partial charge < -0.3 is 4.42 Å². The summed E-state index contributed by atoms with van der Waals surface area (Å²) in [5.41, 5.74) is 1.79. The van der Waals surface area contributed by atoms with Gasteiger partial charge in [-0.15, -0.1) is 0 Å². The Labute approximate surface area is 122 Å². The summed E-state index contributed by atoms with van der Waals surface area (Å²) in [5.74, 6) is 0.793. The zero-order valence-electron chi connectivity index (χ0n) is 11.7. The molecule has 6 nitrogen and oxygen atoms in total. The average molecular weight is 283 g/mol. The molecule has 2 aromatic heterocycles. The maximum absolute atomic E-state index is 5.83. The van der Waals surface area contributed by atoms with Crippen molar-refractivity contribution in [3.63, 3.8) is 0 Å². The fraction of sp³-hybridized carbons (Fsp3) is 0.400. The number of aromatic nitrogens is 4. The largest absolute Gasteiger partial charge is 0.439 e. The second-order valence-corrected chi connectivity index (χ2v) is 5.46. The van der Waals surface area contributed by atoms with E-state index in [0.717, 1.165) is 36.6 Å². The van der Waals surface area contributed by atoms with Crippen molar-refractivity contribution < 1.29 is 4.42 Å². The summed E-state index contributed by atoms with van der Waals surface area (Å²) < 4.78 is 7.72. The van der Waals surface area contributed by atoms with Gasteiger partial charge in [-0.25, -0.2) is 9.97 Å². The molecule has 4 rings (SSSR count).